The van der Waals surface area contributed by atoms with E-state index in [1.807, 2.05) is 16.6 Å². The zero-order valence-electron chi connectivity index (χ0n) is 10.4. The summed E-state index contributed by atoms with van der Waals surface area (Å²) in [4.78, 5) is 8.64. The molecule has 2 N–H and O–H groups in total. The molecular weight excluding hydrogens is 245 g/mol. The van der Waals surface area contributed by atoms with Crippen LogP contribution >= 0.6 is 9.39 Å². The van der Waals surface area contributed by atoms with Crippen molar-refractivity contribution in [2.45, 2.75) is 31.8 Å². The first kappa shape index (κ1) is 11.9. The van der Waals surface area contributed by atoms with Gasteiger partial charge in [0.1, 0.15) is 17.8 Å². The van der Waals surface area contributed by atoms with Crippen molar-refractivity contribution >= 4 is 26.2 Å². The van der Waals surface area contributed by atoms with Crippen molar-refractivity contribution in [3.63, 3.8) is 0 Å². The molecule has 1 saturated heterocycles. The Morgan fingerprint density at radius 3 is 3.11 bits per heavy atom. The lowest BCUT2D eigenvalue weighted by molar-refractivity contribution is 0.398. The van der Waals surface area contributed by atoms with Crippen LogP contribution in [0, 0.1) is 0 Å². The molecule has 1 unspecified atom stereocenters. The molecule has 0 saturated carbocycles. The van der Waals surface area contributed by atoms with Crippen LogP contribution in [-0.4, -0.2) is 32.9 Å². The number of nitrogens with zero attached hydrogens (tertiary/aromatic N) is 3. The molecule has 0 aliphatic carbocycles. The molecule has 1 aliphatic heterocycles. The van der Waals surface area contributed by atoms with Gasteiger partial charge < -0.3 is 15.0 Å². The molecule has 0 bridgehead atoms. The van der Waals surface area contributed by atoms with Crippen molar-refractivity contribution in [2.24, 2.45) is 0 Å². The number of nitrogens with one attached hydrogen (secondary N) is 2. The van der Waals surface area contributed by atoms with Crippen molar-refractivity contribution in [2.75, 3.05) is 11.9 Å². The van der Waals surface area contributed by atoms with E-state index in [9.17, 15) is 0 Å². The second-order valence-corrected chi connectivity index (χ2v) is 5.47. The van der Waals surface area contributed by atoms with Gasteiger partial charge in [-0.25, -0.2) is 9.97 Å². The summed E-state index contributed by atoms with van der Waals surface area (Å²) < 4.78 is 1.93. The molecule has 0 spiro atoms. The minimum absolute atomic E-state index is 0.451. The number of piperidine rings is 1. The molecule has 3 rings (SSSR count). The lowest BCUT2D eigenvalue weighted by atomic mass is 10.0. The Morgan fingerprint density at radius 2 is 2.33 bits per heavy atom. The summed E-state index contributed by atoms with van der Waals surface area (Å²) in [6.45, 7) is 3.22. The maximum Gasteiger partial charge on any atom is 0.148 e. The largest absolute Gasteiger partial charge is 0.365 e. The third-order valence-corrected chi connectivity index (χ3v) is 3.93. The molecular formula is C12H18N5P. The smallest absolute Gasteiger partial charge is 0.148 e. The molecule has 1 aliphatic rings. The molecule has 0 aromatic carbocycles. The molecule has 6 heteroatoms. The van der Waals surface area contributed by atoms with Gasteiger partial charge in [0.25, 0.3) is 0 Å². The number of hydrogen-bond acceptors (Lipinski definition) is 4. The Labute approximate surface area is 109 Å². The average Bonchev–Trinajstić information content (AvgIpc) is 2.76. The van der Waals surface area contributed by atoms with Gasteiger partial charge in [-0.15, -0.1) is 0 Å². The predicted molar refractivity (Wildman–Crippen MR) is 76.7 cm³/mol. The fourth-order valence-electron chi connectivity index (χ4n) is 2.40. The Hall–Kier alpha value is -1.19. The SMILES string of the molecule is C[C@H]1CC[C@@H](Nc2ncnc3c2ccn3P)CN1. The zero-order valence-corrected chi connectivity index (χ0v) is 11.6. The van der Waals surface area contributed by atoms with E-state index in [-0.39, 0.29) is 0 Å². The molecule has 3 atom stereocenters. The van der Waals surface area contributed by atoms with Crippen LogP contribution in [-0.2, 0) is 0 Å². The van der Waals surface area contributed by atoms with E-state index in [4.69, 9.17) is 0 Å². The van der Waals surface area contributed by atoms with Crippen molar-refractivity contribution in [1.82, 2.24) is 19.6 Å². The number of fused-ring (bicyclic) bond motifs is 1. The first-order valence-electron chi connectivity index (χ1n) is 6.31. The van der Waals surface area contributed by atoms with Gasteiger partial charge in [0.15, 0.2) is 0 Å². The fourth-order valence-corrected chi connectivity index (χ4v) is 2.69. The minimum Gasteiger partial charge on any atom is -0.365 e. The summed E-state index contributed by atoms with van der Waals surface area (Å²) in [6, 6.07) is 3.12. The van der Waals surface area contributed by atoms with Crippen LogP contribution in [0.4, 0.5) is 5.82 Å². The van der Waals surface area contributed by atoms with E-state index < -0.39 is 0 Å². The Morgan fingerprint density at radius 1 is 1.44 bits per heavy atom. The van der Waals surface area contributed by atoms with Crippen molar-refractivity contribution in [3.05, 3.63) is 18.6 Å². The first-order valence-corrected chi connectivity index (χ1v) is 6.83. The lowest BCUT2D eigenvalue weighted by Gasteiger charge is -2.28. The van der Waals surface area contributed by atoms with Crippen LogP contribution in [0.5, 0.6) is 0 Å². The number of aromatic nitrogens is 3. The highest BCUT2D eigenvalue weighted by molar-refractivity contribution is 7.14. The van der Waals surface area contributed by atoms with Crippen LogP contribution in [0.1, 0.15) is 19.8 Å². The molecule has 2 aromatic heterocycles. The zero-order chi connectivity index (χ0) is 12.5. The number of anilines is 1. The molecule has 2 aromatic rings. The van der Waals surface area contributed by atoms with Gasteiger partial charge in [0.05, 0.1) is 5.39 Å². The summed E-state index contributed by atoms with van der Waals surface area (Å²) in [5.74, 6) is 0.933. The molecule has 0 radical (unpaired) electrons. The van der Waals surface area contributed by atoms with Crippen molar-refractivity contribution in [3.8, 4) is 0 Å². The summed E-state index contributed by atoms with van der Waals surface area (Å²) in [7, 11) is 2.63. The van der Waals surface area contributed by atoms with E-state index in [0.29, 0.717) is 12.1 Å². The Balaban J connectivity index is 1.82. The Bertz CT molecular complexity index is 544. The quantitative estimate of drug-likeness (QED) is 0.808. The maximum atomic E-state index is 4.36. The predicted octanol–water partition coefficient (Wildman–Crippen LogP) is 1.62. The van der Waals surface area contributed by atoms with E-state index in [2.05, 4.69) is 36.9 Å². The van der Waals surface area contributed by atoms with Gasteiger partial charge in [-0.1, -0.05) is 0 Å². The van der Waals surface area contributed by atoms with Crippen LogP contribution < -0.4 is 10.6 Å². The van der Waals surface area contributed by atoms with Gasteiger partial charge in [-0.05, 0) is 35.2 Å². The third kappa shape index (κ3) is 2.20. The molecule has 0 amide bonds. The van der Waals surface area contributed by atoms with E-state index in [1.165, 1.54) is 12.8 Å². The number of hydrogen-bond donors (Lipinski definition) is 2. The van der Waals surface area contributed by atoms with Crippen molar-refractivity contribution < 1.29 is 0 Å². The van der Waals surface area contributed by atoms with Gasteiger partial charge in [0.2, 0.25) is 0 Å². The summed E-state index contributed by atoms with van der Waals surface area (Å²) in [5, 5.41) is 8.09. The third-order valence-electron chi connectivity index (χ3n) is 3.51. The van der Waals surface area contributed by atoms with Crippen LogP contribution in [0.15, 0.2) is 18.6 Å². The van der Waals surface area contributed by atoms with Gasteiger partial charge in [-0.2, -0.15) is 0 Å². The van der Waals surface area contributed by atoms with E-state index in [1.54, 1.807) is 6.33 Å². The lowest BCUT2D eigenvalue weighted by Crippen LogP contribution is -2.43. The van der Waals surface area contributed by atoms with Gasteiger partial charge in [0, 0.05) is 24.8 Å². The van der Waals surface area contributed by atoms with Gasteiger partial charge in [-0.3, -0.25) is 0 Å². The summed E-state index contributed by atoms with van der Waals surface area (Å²) >= 11 is 0. The standard InChI is InChI=1S/C12H18N5P/c1-8-2-3-9(6-13-8)16-11-10-4-5-17(18)12(10)15-7-14-11/h4-5,7-9,13H,2-3,6,18H2,1H3,(H,14,15,16)/t8-,9+/m0/s1. The first-order chi connectivity index (χ1) is 8.74. The summed E-state index contributed by atoms with van der Waals surface area (Å²) in [5.41, 5.74) is 0.939. The van der Waals surface area contributed by atoms with Crippen molar-refractivity contribution in [1.29, 1.82) is 0 Å². The van der Waals surface area contributed by atoms with Gasteiger partial charge >= 0.3 is 0 Å². The maximum absolute atomic E-state index is 4.36. The number of rotatable bonds is 2. The molecule has 96 valence electrons. The van der Waals surface area contributed by atoms with E-state index >= 15 is 0 Å². The molecule has 3 heterocycles. The van der Waals surface area contributed by atoms with Crippen LogP contribution in [0.25, 0.3) is 11.0 Å². The van der Waals surface area contributed by atoms with Crippen LogP contribution in [0.2, 0.25) is 0 Å². The Kier molecular flexibility index (Phi) is 3.18. The molecule has 1 fully saturated rings. The second-order valence-electron chi connectivity index (χ2n) is 4.91. The summed E-state index contributed by atoms with van der Waals surface area (Å²) in [6.07, 6.45) is 5.98. The highest BCUT2D eigenvalue weighted by atomic mass is 31.0. The molecule has 18 heavy (non-hydrogen) atoms. The highest BCUT2D eigenvalue weighted by Gasteiger charge is 2.18. The second kappa shape index (κ2) is 4.82. The minimum atomic E-state index is 0.451. The fraction of sp³-hybridized carbons (Fsp3) is 0.500. The van der Waals surface area contributed by atoms with E-state index in [0.717, 1.165) is 23.4 Å². The monoisotopic (exact) mass is 263 g/mol. The average molecular weight is 263 g/mol. The highest BCUT2D eigenvalue weighted by Crippen LogP contribution is 2.23. The topological polar surface area (TPSA) is 54.8 Å². The molecule has 5 nitrogen and oxygen atoms in total. The normalized spacial score (nSPS) is 24.3. The van der Waals surface area contributed by atoms with Crippen LogP contribution in [0.3, 0.4) is 0 Å².